The molecule has 2 aromatic heterocycles. The van der Waals surface area contributed by atoms with E-state index in [-0.39, 0.29) is 5.91 Å². The van der Waals surface area contributed by atoms with Gasteiger partial charge < -0.3 is 14.2 Å². The molecule has 7 nitrogen and oxygen atoms in total. The minimum atomic E-state index is -0.879. The average Bonchev–Trinajstić information content (AvgIpc) is 3.55. The zero-order valence-corrected chi connectivity index (χ0v) is 17.1. The Kier molecular flexibility index (Phi) is 4.53. The standard InChI is InChI=1S/C23H23N3O4/c1-13-20-18(11-19(16-7-8-16)24-21(20)30-25-13)23(28)29-14(2)22(27)26-10-9-15-5-3-4-6-17(15)12-26/h3-6,11,14,16H,7-10,12H2,1-2H3. The summed E-state index contributed by atoms with van der Waals surface area (Å²) in [6.07, 6.45) is 2.02. The lowest BCUT2D eigenvalue weighted by atomic mass is 9.99. The molecule has 0 radical (unpaired) electrons. The molecular formula is C23H23N3O4. The van der Waals surface area contributed by atoms with Gasteiger partial charge >= 0.3 is 5.97 Å². The van der Waals surface area contributed by atoms with Crippen molar-refractivity contribution < 1.29 is 18.8 Å². The summed E-state index contributed by atoms with van der Waals surface area (Å²) in [6, 6.07) is 9.88. The lowest BCUT2D eigenvalue weighted by Crippen LogP contribution is -2.42. The third-order valence-electron chi connectivity index (χ3n) is 5.93. The average molecular weight is 405 g/mol. The number of aryl methyl sites for hydroxylation is 1. The van der Waals surface area contributed by atoms with Gasteiger partial charge in [-0.1, -0.05) is 29.4 Å². The molecule has 3 aromatic rings. The normalized spacial score (nSPS) is 16.9. The van der Waals surface area contributed by atoms with Gasteiger partial charge in [0, 0.05) is 24.7 Å². The Balaban J connectivity index is 1.35. The molecule has 30 heavy (non-hydrogen) atoms. The van der Waals surface area contributed by atoms with Gasteiger partial charge in [-0.25, -0.2) is 9.78 Å². The van der Waals surface area contributed by atoms with Crippen LogP contribution in [0.4, 0.5) is 0 Å². The molecule has 1 atom stereocenters. The minimum absolute atomic E-state index is 0.187. The summed E-state index contributed by atoms with van der Waals surface area (Å²) in [7, 11) is 0. The molecule has 154 valence electrons. The fourth-order valence-corrected chi connectivity index (χ4v) is 4.08. The Bertz CT molecular complexity index is 1150. The van der Waals surface area contributed by atoms with Crippen molar-refractivity contribution in [2.24, 2.45) is 0 Å². The number of amides is 1. The molecule has 1 unspecified atom stereocenters. The van der Waals surface area contributed by atoms with Crippen molar-refractivity contribution in [1.82, 2.24) is 15.0 Å². The number of carbonyl (C=O) groups is 2. The van der Waals surface area contributed by atoms with Crippen molar-refractivity contribution in [3.63, 3.8) is 0 Å². The Morgan fingerprint density at radius 3 is 2.77 bits per heavy atom. The van der Waals surface area contributed by atoms with Crippen LogP contribution in [0.2, 0.25) is 0 Å². The second-order valence-electron chi connectivity index (χ2n) is 8.14. The highest BCUT2D eigenvalue weighted by Gasteiger charge is 2.31. The number of carbonyl (C=O) groups excluding carboxylic acids is 2. The van der Waals surface area contributed by atoms with E-state index in [0.29, 0.717) is 41.4 Å². The molecule has 1 aliphatic carbocycles. The molecule has 0 saturated heterocycles. The van der Waals surface area contributed by atoms with Gasteiger partial charge in [0.05, 0.1) is 16.6 Å². The van der Waals surface area contributed by atoms with E-state index in [1.807, 2.05) is 18.2 Å². The molecule has 1 amide bonds. The number of ether oxygens (including phenoxy) is 1. The molecule has 1 fully saturated rings. The largest absolute Gasteiger partial charge is 0.449 e. The number of nitrogens with zero attached hydrogens (tertiary/aromatic N) is 3. The van der Waals surface area contributed by atoms with Crippen LogP contribution in [-0.2, 0) is 22.5 Å². The van der Waals surface area contributed by atoms with Gasteiger partial charge in [0.15, 0.2) is 6.10 Å². The maximum atomic E-state index is 13.0. The van der Waals surface area contributed by atoms with Crippen molar-refractivity contribution >= 4 is 23.0 Å². The van der Waals surface area contributed by atoms with Crippen LogP contribution in [0.5, 0.6) is 0 Å². The van der Waals surface area contributed by atoms with Crippen LogP contribution in [0, 0.1) is 6.92 Å². The van der Waals surface area contributed by atoms with Crippen LogP contribution in [0.15, 0.2) is 34.9 Å². The van der Waals surface area contributed by atoms with Gasteiger partial charge in [-0.05, 0) is 50.3 Å². The summed E-state index contributed by atoms with van der Waals surface area (Å²) in [5, 5.41) is 4.50. The van der Waals surface area contributed by atoms with E-state index in [4.69, 9.17) is 9.26 Å². The smallest absolute Gasteiger partial charge is 0.339 e. The number of esters is 1. The highest BCUT2D eigenvalue weighted by molar-refractivity contribution is 6.04. The van der Waals surface area contributed by atoms with Crippen LogP contribution >= 0.6 is 0 Å². The Morgan fingerprint density at radius 2 is 2.00 bits per heavy atom. The summed E-state index contributed by atoms with van der Waals surface area (Å²) in [4.78, 5) is 32.2. The molecule has 0 N–H and O–H groups in total. The number of rotatable bonds is 4. The van der Waals surface area contributed by atoms with Gasteiger partial charge in [-0.15, -0.1) is 0 Å². The summed E-state index contributed by atoms with van der Waals surface area (Å²) in [5.74, 6) is -0.389. The van der Waals surface area contributed by atoms with Crippen molar-refractivity contribution in [1.29, 1.82) is 0 Å². The Morgan fingerprint density at radius 1 is 1.23 bits per heavy atom. The molecule has 5 rings (SSSR count). The van der Waals surface area contributed by atoms with Crippen molar-refractivity contribution in [2.75, 3.05) is 6.54 Å². The molecule has 1 aliphatic heterocycles. The third kappa shape index (κ3) is 3.34. The first-order valence-corrected chi connectivity index (χ1v) is 10.3. The number of aromatic nitrogens is 2. The highest BCUT2D eigenvalue weighted by atomic mass is 16.5. The van der Waals surface area contributed by atoms with E-state index in [2.05, 4.69) is 16.2 Å². The second kappa shape index (κ2) is 7.23. The molecule has 3 heterocycles. The minimum Gasteiger partial charge on any atom is -0.449 e. The highest BCUT2D eigenvalue weighted by Crippen LogP contribution is 2.40. The molecule has 0 bridgehead atoms. The van der Waals surface area contributed by atoms with Gasteiger partial charge in [0.25, 0.3) is 11.6 Å². The zero-order chi connectivity index (χ0) is 20.8. The first kappa shape index (κ1) is 18.8. The molecule has 0 spiro atoms. The predicted molar refractivity (Wildman–Crippen MR) is 109 cm³/mol. The number of pyridine rings is 1. The van der Waals surface area contributed by atoms with E-state index in [9.17, 15) is 9.59 Å². The summed E-state index contributed by atoms with van der Waals surface area (Å²) in [5.41, 5.74) is 4.51. The zero-order valence-electron chi connectivity index (χ0n) is 17.1. The summed E-state index contributed by atoms with van der Waals surface area (Å²) < 4.78 is 10.9. The predicted octanol–water partition coefficient (Wildman–Crippen LogP) is 3.54. The van der Waals surface area contributed by atoms with E-state index < -0.39 is 12.1 Å². The quantitative estimate of drug-likeness (QED) is 0.617. The summed E-state index contributed by atoms with van der Waals surface area (Å²) in [6.45, 7) is 4.54. The fraction of sp³-hybridized carbons (Fsp3) is 0.391. The monoisotopic (exact) mass is 405 g/mol. The molecule has 2 aliphatic rings. The molecule has 1 saturated carbocycles. The number of fused-ring (bicyclic) bond motifs is 2. The van der Waals surface area contributed by atoms with Crippen LogP contribution in [-0.4, -0.2) is 39.6 Å². The lowest BCUT2D eigenvalue weighted by Gasteiger charge is -2.30. The Hall–Kier alpha value is -3.22. The first-order chi connectivity index (χ1) is 14.5. The number of benzene rings is 1. The molecule has 7 heteroatoms. The van der Waals surface area contributed by atoms with E-state index >= 15 is 0 Å². The number of hydrogen-bond acceptors (Lipinski definition) is 6. The van der Waals surface area contributed by atoms with E-state index in [0.717, 1.165) is 30.5 Å². The van der Waals surface area contributed by atoms with Gasteiger partial charge in [0.2, 0.25) is 0 Å². The first-order valence-electron chi connectivity index (χ1n) is 10.3. The van der Waals surface area contributed by atoms with Crippen LogP contribution in [0.3, 0.4) is 0 Å². The molecular weight excluding hydrogens is 382 g/mol. The van der Waals surface area contributed by atoms with Crippen LogP contribution < -0.4 is 0 Å². The van der Waals surface area contributed by atoms with Crippen molar-refractivity contribution in [3.8, 4) is 0 Å². The summed E-state index contributed by atoms with van der Waals surface area (Å²) >= 11 is 0. The fourth-order valence-electron chi connectivity index (χ4n) is 4.08. The topological polar surface area (TPSA) is 85.5 Å². The SMILES string of the molecule is Cc1noc2nc(C3CC3)cc(C(=O)OC(C)C(=O)N3CCc4ccccc4C3)c12. The van der Waals surface area contributed by atoms with Gasteiger partial charge in [-0.2, -0.15) is 0 Å². The molecule has 1 aromatic carbocycles. The van der Waals surface area contributed by atoms with Crippen LogP contribution in [0.1, 0.15) is 58.6 Å². The van der Waals surface area contributed by atoms with Crippen LogP contribution in [0.25, 0.3) is 11.1 Å². The van der Waals surface area contributed by atoms with Crippen molar-refractivity contribution in [2.45, 2.75) is 51.7 Å². The maximum Gasteiger partial charge on any atom is 0.339 e. The third-order valence-corrected chi connectivity index (χ3v) is 5.93. The van der Waals surface area contributed by atoms with E-state index in [1.54, 1.807) is 24.8 Å². The van der Waals surface area contributed by atoms with E-state index in [1.165, 1.54) is 5.56 Å². The van der Waals surface area contributed by atoms with Gasteiger partial charge in [0.1, 0.15) is 0 Å². The van der Waals surface area contributed by atoms with Crippen molar-refractivity contribution in [3.05, 3.63) is 58.4 Å². The maximum absolute atomic E-state index is 13.0. The lowest BCUT2D eigenvalue weighted by molar-refractivity contribution is -0.140. The Labute approximate surface area is 174 Å². The van der Waals surface area contributed by atoms with Gasteiger partial charge in [-0.3, -0.25) is 4.79 Å². The second-order valence-corrected chi connectivity index (χ2v) is 8.14. The number of hydrogen-bond donors (Lipinski definition) is 0.